The van der Waals surface area contributed by atoms with E-state index < -0.39 is 10.0 Å². The molecule has 3 rings (SSSR count). The van der Waals surface area contributed by atoms with Crippen molar-refractivity contribution in [3.63, 3.8) is 0 Å². The molecule has 34 heavy (non-hydrogen) atoms. The van der Waals surface area contributed by atoms with E-state index in [0.29, 0.717) is 24.6 Å². The molecule has 1 heterocycles. The van der Waals surface area contributed by atoms with Gasteiger partial charge in [0.05, 0.1) is 7.11 Å². The summed E-state index contributed by atoms with van der Waals surface area (Å²) in [5.74, 6) is 0.358. The van der Waals surface area contributed by atoms with Crippen LogP contribution < -0.4 is 9.64 Å². The highest BCUT2D eigenvalue weighted by Crippen LogP contribution is 2.31. The van der Waals surface area contributed by atoms with Crippen LogP contribution in [0, 0.1) is 5.92 Å². The van der Waals surface area contributed by atoms with Gasteiger partial charge in [-0.15, -0.1) is 0 Å². The Labute approximate surface area is 202 Å². The molecule has 8 heteroatoms. The molecule has 3 aromatic rings. The minimum atomic E-state index is -3.82. The number of anilines is 1. The van der Waals surface area contributed by atoms with E-state index in [2.05, 4.69) is 18.8 Å². The number of aromatic nitrogens is 1. The maximum atomic E-state index is 13.9. The summed E-state index contributed by atoms with van der Waals surface area (Å²) in [6.07, 6.45) is 2.67. The standard InChI is InChI=1S/C26H35N3O4S/c1-7-28(8-2)34(31,32)25-17-21(9-12-24(25)33-6)26(30)29(19(5)15-18(3)4)22-10-11-23-20(16-22)13-14-27-23/h9-14,16-19,27H,7-8,15H2,1-6H3/t19-/m1/s1. The van der Waals surface area contributed by atoms with E-state index in [0.717, 1.165) is 23.0 Å². The van der Waals surface area contributed by atoms with Crippen molar-refractivity contribution in [3.8, 4) is 5.75 Å². The van der Waals surface area contributed by atoms with Gasteiger partial charge in [-0.2, -0.15) is 4.31 Å². The van der Waals surface area contributed by atoms with E-state index in [9.17, 15) is 13.2 Å². The second-order valence-electron chi connectivity index (χ2n) is 8.86. The van der Waals surface area contributed by atoms with E-state index in [4.69, 9.17) is 4.74 Å². The number of nitrogens with zero attached hydrogens (tertiary/aromatic N) is 2. The van der Waals surface area contributed by atoms with Gasteiger partial charge < -0.3 is 14.6 Å². The van der Waals surface area contributed by atoms with Crippen molar-refractivity contribution in [1.82, 2.24) is 9.29 Å². The first-order valence-corrected chi connectivity index (χ1v) is 13.2. The molecule has 2 aromatic carbocycles. The van der Waals surface area contributed by atoms with Crippen molar-refractivity contribution in [2.75, 3.05) is 25.1 Å². The number of amides is 1. The number of aromatic amines is 1. The number of H-pyrrole nitrogens is 1. The van der Waals surface area contributed by atoms with E-state index in [1.807, 2.05) is 37.4 Å². The topological polar surface area (TPSA) is 82.7 Å². The van der Waals surface area contributed by atoms with Gasteiger partial charge in [-0.1, -0.05) is 27.7 Å². The zero-order chi connectivity index (χ0) is 25.0. The lowest BCUT2D eigenvalue weighted by atomic mass is 10.0. The minimum Gasteiger partial charge on any atom is -0.495 e. The summed E-state index contributed by atoms with van der Waals surface area (Å²) >= 11 is 0. The van der Waals surface area contributed by atoms with Crippen LogP contribution in [-0.4, -0.2) is 49.9 Å². The molecule has 184 valence electrons. The van der Waals surface area contributed by atoms with Gasteiger partial charge in [0.15, 0.2) is 0 Å². The number of carbonyl (C=O) groups is 1. The van der Waals surface area contributed by atoms with Gasteiger partial charge >= 0.3 is 0 Å². The van der Waals surface area contributed by atoms with Crippen LogP contribution in [0.3, 0.4) is 0 Å². The summed E-state index contributed by atoms with van der Waals surface area (Å²) in [5, 5.41) is 1.01. The average Bonchev–Trinajstić information content (AvgIpc) is 3.27. The summed E-state index contributed by atoms with van der Waals surface area (Å²) in [6.45, 7) is 10.5. The van der Waals surface area contributed by atoms with Gasteiger partial charge in [0, 0.05) is 47.5 Å². The second kappa shape index (κ2) is 10.6. The summed E-state index contributed by atoms with van der Waals surface area (Å²) in [4.78, 5) is 18.8. The Morgan fingerprint density at radius 3 is 2.35 bits per heavy atom. The summed E-state index contributed by atoms with van der Waals surface area (Å²) in [5.41, 5.74) is 2.07. The fourth-order valence-corrected chi connectivity index (χ4v) is 6.04. The summed E-state index contributed by atoms with van der Waals surface area (Å²) < 4.78 is 33.3. The second-order valence-corrected chi connectivity index (χ2v) is 10.8. The van der Waals surface area contributed by atoms with Crippen LogP contribution in [-0.2, 0) is 10.0 Å². The van der Waals surface area contributed by atoms with Gasteiger partial charge in [-0.25, -0.2) is 8.42 Å². The lowest BCUT2D eigenvalue weighted by molar-refractivity contribution is 0.0975. The Bertz CT molecular complexity index is 1250. The monoisotopic (exact) mass is 485 g/mol. The van der Waals surface area contributed by atoms with Gasteiger partial charge in [-0.3, -0.25) is 4.79 Å². The first kappa shape index (κ1) is 25.8. The zero-order valence-corrected chi connectivity index (χ0v) is 21.6. The van der Waals surface area contributed by atoms with Crippen LogP contribution in [0.25, 0.3) is 10.9 Å². The van der Waals surface area contributed by atoms with Crippen molar-refractivity contribution in [2.45, 2.75) is 52.0 Å². The molecule has 1 N–H and O–H groups in total. The van der Waals surface area contributed by atoms with Crippen LogP contribution in [0.4, 0.5) is 5.69 Å². The van der Waals surface area contributed by atoms with Crippen LogP contribution in [0.1, 0.15) is 51.4 Å². The molecule has 1 amide bonds. The molecule has 0 aliphatic heterocycles. The molecular formula is C26H35N3O4S. The number of hydrogen-bond donors (Lipinski definition) is 1. The van der Waals surface area contributed by atoms with Crippen LogP contribution in [0.2, 0.25) is 0 Å². The van der Waals surface area contributed by atoms with E-state index in [-0.39, 0.29) is 22.6 Å². The SMILES string of the molecule is CCN(CC)S(=O)(=O)c1cc(C(=O)N(c2ccc3[nH]ccc3c2)[C@H](C)CC(C)C)ccc1OC. The Morgan fingerprint density at radius 1 is 1.03 bits per heavy atom. The van der Waals surface area contributed by atoms with Gasteiger partial charge in [-0.05, 0) is 61.7 Å². The molecular weight excluding hydrogens is 450 g/mol. The molecule has 0 bridgehead atoms. The third kappa shape index (κ3) is 5.13. The van der Waals surface area contributed by atoms with E-state index in [1.165, 1.54) is 17.5 Å². The molecule has 7 nitrogen and oxygen atoms in total. The molecule has 0 saturated carbocycles. The van der Waals surface area contributed by atoms with Crippen LogP contribution in [0.15, 0.2) is 53.6 Å². The fourth-order valence-electron chi connectivity index (χ4n) is 4.40. The van der Waals surface area contributed by atoms with Crippen molar-refractivity contribution >= 4 is 32.5 Å². The molecule has 0 radical (unpaired) electrons. The number of carbonyl (C=O) groups excluding carboxylic acids is 1. The Hall–Kier alpha value is -2.84. The third-order valence-electron chi connectivity index (χ3n) is 6.02. The Balaban J connectivity index is 2.12. The number of ether oxygens (including phenoxy) is 1. The third-order valence-corrected chi connectivity index (χ3v) is 8.09. The van der Waals surface area contributed by atoms with Gasteiger partial charge in [0.25, 0.3) is 5.91 Å². The number of fused-ring (bicyclic) bond motifs is 1. The average molecular weight is 486 g/mol. The predicted molar refractivity (Wildman–Crippen MR) is 137 cm³/mol. The lowest BCUT2D eigenvalue weighted by Crippen LogP contribution is -2.39. The quantitative estimate of drug-likeness (QED) is 0.423. The molecule has 0 fully saturated rings. The van der Waals surface area contributed by atoms with Crippen molar-refractivity contribution in [1.29, 1.82) is 0 Å². The van der Waals surface area contributed by atoms with E-state index >= 15 is 0 Å². The normalized spacial score (nSPS) is 12.9. The molecule has 0 unspecified atom stereocenters. The Morgan fingerprint density at radius 2 is 1.74 bits per heavy atom. The predicted octanol–water partition coefficient (Wildman–Crippen LogP) is 5.29. The highest BCUT2D eigenvalue weighted by atomic mass is 32.2. The number of sulfonamides is 1. The first-order valence-electron chi connectivity index (χ1n) is 11.7. The number of benzene rings is 2. The molecule has 1 aromatic heterocycles. The molecule has 1 atom stereocenters. The van der Waals surface area contributed by atoms with E-state index in [1.54, 1.807) is 30.9 Å². The van der Waals surface area contributed by atoms with Gasteiger partial charge in [0.2, 0.25) is 10.0 Å². The van der Waals surface area contributed by atoms with Crippen molar-refractivity contribution < 1.29 is 17.9 Å². The maximum Gasteiger partial charge on any atom is 0.258 e. The van der Waals surface area contributed by atoms with Crippen molar-refractivity contribution in [3.05, 3.63) is 54.2 Å². The molecule has 0 aliphatic rings. The number of hydrogen-bond acceptors (Lipinski definition) is 4. The number of methoxy groups -OCH3 is 1. The summed E-state index contributed by atoms with van der Waals surface area (Å²) in [7, 11) is -2.39. The maximum absolute atomic E-state index is 13.9. The van der Waals surface area contributed by atoms with Crippen molar-refractivity contribution in [2.24, 2.45) is 5.92 Å². The first-order chi connectivity index (χ1) is 16.1. The van der Waals surface area contributed by atoms with Gasteiger partial charge in [0.1, 0.15) is 10.6 Å². The number of nitrogens with one attached hydrogen (secondary N) is 1. The minimum absolute atomic E-state index is 0.00194. The zero-order valence-electron chi connectivity index (χ0n) is 20.8. The van der Waals surface area contributed by atoms with Crippen LogP contribution in [0.5, 0.6) is 5.75 Å². The number of rotatable bonds is 10. The van der Waals surface area contributed by atoms with Crippen LogP contribution >= 0.6 is 0 Å². The highest BCUT2D eigenvalue weighted by molar-refractivity contribution is 7.89. The molecule has 0 spiro atoms. The Kier molecular flexibility index (Phi) is 8.05. The fraction of sp³-hybridized carbons (Fsp3) is 0.423. The molecule has 0 aliphatic carbocycles. The molecule has 0 saturated heterocycles. The summed E-state index contributed by atoms with van der Waals surface area (Å²) in [6, 6.07) is 12.4. The smallest absolute Gasteiger partial charge is 0.258 e. The highest BCUT2D eigenvalue weighted by Gasteiger charge is 2.29. The largest absolute Gasteiger partial charge is 0.495 e. The lowest BCUT2D eigenvalue weighted by Gasteiger charge is -2.31.